The van der Waals surface area contributed by atoms with Crippen LogP contribution in [0.3, 0.4) is 0 Å². The molecule has 0 saturated heterocycles. The summed E-state index contributed by atoms with van der Waals surface area (Å²) in [5.74, 6) is 0.570. The number of aromatic amines is 2. The highest BCUT2D eigenvalue weighted by Crippen LogP contribution is 2.23. The smallest absolute Gasteiger partial charge is 0.323 e. The maximum Gasteiger partial charge on any atom is 0.323 e. The van der Waals surface area contributed by atoms with Crippen LogP contribution in [0.15, 0.2) is 41.6 Å². The van der Waals surface area contributed by atoms with E-state index in [4.69, 9.17) is 0 Å². The van der Waals surface area contributed by atoms with Crippen molar-refractivity contribution >= 4 is 11.5 Å². The maximum atomic E-state index is 11.0. The minimum Gasteiger partial charge on any atom is -0.358 e. The summed E-state index contributed by atoms with van der Waals surface area (Å²) in [4.78, 5) is 20.6. The van der Waals surface area contributed by atoms with Gasteiger partial charge in [-0.25, -0.2) is 0 Å². The number of aromatic nitrogens is 4. The van der Waals surface area contributed by atoms with Crippen molar-refractivity contribution in [3.8, 4) is 22.6 Å². The van der Waals surface area contributed by atoms with Crippen LogP contribution in [0, 0.1) is 0 Å². The van der Waals surface area contributed by atoms with Crippen molar-refractivity contribution in [2.45, 2.75) is 0 Å². The van der Waals surface area contributed by atoms with Gasteiger partial charge in [0, 0.05) is 30.1 Å². The first-order valence-corrected chi connectivity index (χ1v) is 5.75. The fourth-order valence-electron chi connectivity index (χ4n) is 1.59. The molecule has 0 unspecified atom stereocenters. The Kier molecular flexibility index (Phi) is 2.34. The highest BCUT2D eigenvalue weighted by atomic mass is 32.1. The third-order valence-corrected chi connectivity index (χ3v) is 2.93. The summed E-state index contributed by atoms with van der Waals surface area (Å²) in [6, 6.07) is 5.80. The van der Waals surface area contributed by atoms with Crippen molar-refractivity contribution in [1.29, 1.82) is 0 Å². The van der Waals surface area contributed by atoms with Crippen LogP contribution in [-0.4, -0.2) is 19.3 Å². The number of pyridine rings is 1. The van der Waals surface area contributed by atoms with Crippen molar-refractivity contribution in [2.75, 3.05) is 0 Å². The van der Waals surface area contributed by atoms with Gasteiger partial charge in [0.15, 0.2) is 5.82 Å². The van der Waals surface area contributed by atoms with E-state index in [0.717, 1.165) is 28.4 Å². The molecule has 0 aliphatic carbocycles. The zero-order valence-corrected chi connectivity index (χ0v) is 9.49. The van der Waals surface area contributed by atoms with Gasteiger partial charge in [-0.2, -0.15) is 4.37 Å². The molecule has 17 heavy (non-hydrogen) atoms. The van der Waals surface area contributed by atoms with E-state index < -0.39 is 0 Å². The monoisotopic (exact) mass is 244 g/mol. The van der Waals surface area contributed by atoms with Gasteiger partial charge in [-0.1, -0.05) is 0 Å². The van der Waals surface area contributed by atoms with Crippen LogP contribution in [0.2, 0.25) is 0 Å². The molecule has 2 N–H and O–H groups in total. The van der Waals surface area contributed by atoms with Crippen molar-refractivity contribution in [2.24, 2.45) is 0 Å². The quantitative estimate of drug-likeness (QED) is 0.722. The fourth-order valence-corrected chi connectivity index (χ4v) is 2.05. The molecule has 0 saturated carbocycles. The standard InChI is InChI=1S/C11H8N4OS/c16-11-14-10(15-17-11)9-5-8(6-13-9)7-1-3-12-4-2-7/h1-6,13H,(H,14,15,16). The van der Waals surface area contributed by atoms with Crippen LogP contribution in [-0.2, 0) is 0 Å². The highest BCUT2D eigenvalue weighted by Gasteiger charge is 2.06. The molecule has 0 atom stereocenters. The van der Waals surface area contributed by atoms with E-state index >= 15 is 0 Å². The average molecular weight is 244 g/mol. The second-order valence-electron chi connectivity index (χ2n) is 3.48. The van der Waals surface area contributed by atoms with Crippen molar-refractivity contribution < 1.29 is 0 Å². The first kappa shape index (κ1) is 9.98. The van der Waals surface area contributed by atoms with E-state index in [9.17, 15) is 4.79 Å². The number of rotatable bonds is 2. The van der Waals surface area contributed by atoms with Crippen LogP contribution >= 0.6 is 11.5 Å². The van der Waals surface area contributed by atoms with Gasteiger partial charge in [-0.3, -0.25) is 14.8 Å². The van der Waals surface area contributed by atoms with Gasteiger partial charge in [0.25, 0.3) is 0 Å². The molecule has 5 nitrogen and oxygen atoms in total. The largest absolute Gasteiger partial charge is 0.358 e. The van der Waals surface area contributed by atoms with E-state index in [1.165, 1.54) is 0 Å². The number of hydrogen-bond acceptors (Lipinski definition) is 4. The van der Waals surface area contributed by atoms with E-state index in [2.05, 4.69) is 19.3 Å². The summed E-state index contributed by atoms with van der Waals surface area (Å²) in [5, 5.41) is 0. The van der Waals surface area contributed by atoms with Crippen molar-refractivity contribution in [3.05, 3.63) is 46.5 Å². The fraction of sp³-hybridized carbons (Fsp3) is 0. The molecule has 0 radical (unpaired) electrons. The topological polar surface area (TPSA) is 74.4 Å². The predicted octanol–water partition coefficient (Wildman–Crippen LogP) is 1.89. The van der Waals surface area contributed by atoms with Crippen LogP contribution in [0.25, 0.3) is 22.6 Å². The molecule has 0 aromatic carbocycles. The lowest BCUT2D eigenvalue weighted by molar-refractivity contribution is 1.24. The minimum atomic E-state index is -0.153. The molecule has 6 heteroatoms. The van der Waals surface area contributed by atoms with Crippen LogP contribution in [0.1, 0.15) is 0 Å². The number of hydrogen-bond donors (Lipinski definition) is 2. The van der Waals surface area contributed by atoms with Crippen LogP contribution < -0.4 is 4.87 Å². The summed E-state index contributed by atoms with van der Waals surface area (Å²) < 4.78 is 4.02. The summed E-state index contributed by atoms with van der Waals surface area (Å²) >= 11 is 0.913. The van der Waals surface area contributed by atoms with Crippen LogP contribution in [0.5, 0.6) is 0 Å². The van der Waals surface area contributed by atoms with Gasteiger partial charge in [-0.05, 0) is 29.3 Å². The number of H-pyrrole nitrogens is 2. The first-order chi connectivity index (χ1) is 8.33. The summed E-state index contributed by atoms with van der Waals surface area (Å²) in [5.41, 5.74) is 2.91. The molecule has 0 bridgehead atoms. The molecule has 0 aliphatic heterocycles. The molecule has 0 fully saturated rings. The molecule has 0 amide bonds. The lowest BCUT2D eigenvalue weighted by Gasteiger charge is -1.93. The minimum absolute atomic E-state index is 0.153. The Bertz CT molecular complexity index is 683. The molecule has 3 aromatic rings. The molecule has 3 rings (SSSR count). The second-order valence-corrected chi connectivity index (χ2v) is 4.22. The molecule has 3 aromatic heterocycles. The third kappa shape index (κ3) is 1.90. The summed E-state index contributed by atoms with van der Waals surface area (Å²) in [6.45, 7) is 0. The highest BCUT2D eigenvalue weighted by molar-refractivity contribution is 7.03. The van der Waals surface area contributed by atoms with Gasteiger partial charge in [0.2, 0.25) is 0 Å². The molecule has 0 spiro atoms. The predicted molar refractivity (Wildman–Crippen MR) is 65.8 cm³/mol. The SMILES string of the molecule is O=c1[nH]c(-c2cc(-c3ccncc3)c[nH]2)ns1. The van der Waals surface area contributed by atoms with Gasteiger partial charge in [-0.15, -0.1) is 0 Å². The number of nitrogens with zero attached hydrogens (tertiary/aromatic N) is 2. The van der Waals surface area contributed by atoms with Crippen LogP contribution in [0.4, 0.5) is 0 Å². The molecule has 84 valence electrons. The molecular weight excluding hydrogens is 236 g/mol. The van der Waals surface area contributed by atoms with Crippen molar-refractivity contribution in [3.63, 3.8) is 0 Å². The summed E-state index contributed by atoms with van der Waals surface area (Å²) in [6.07, 6.45) is 5.36. The van der Waals surface area contributed by atoms with Gasteiger partial charge in [0.05, 0.1) is 5.69 Å². The van der Waals surface area contributed by atoms with E-state index in [1.807, 2.05) is 24.4 Å². The van der Waals surface area contributed by atoms with Gasteiger partial charge < -0.3 is 4.98 Å². The Morgan fingerprint density at radius 2 is 2.00 bits per heavy atom. The zero-order chi connectivity index (χ0) is 11.7. The van der Waals surface area contributed by atoms with E-state index in [1.54, 1.807) is 12.4 Å². The lowest BCUT2D eigenvalue weighted by Crippen LogP contribution is -1.92. The van der Waals surface area contributed by atoms with Gasteiger partial charge in [0.1, 0.15) is 0 Å². The Hall–Kier alpha value is -2.21. The average Bonchev–Trinajstić information content (AvgIpc) is 2.98. The number of nitrogens with one attached hydrogen (secondary N) is 2. The normalized spacial score (nSPS) is 10.6. The van der Waals surface area contributed by atoms with Gasteiger partial charge >= 0.3 is 4.87 Å². The maximum absolute atomic E-state index is 11.0. The summed E-state index contributed by atoms with van der Waals surface area (Å²) in [7, 11) is 0. The van der Waals surface area contributed by atoms with E-state index in [-0.39, 0.29) is 4.87 Å². The lowest BCUT2D eigenvalue weighted by atomic mass is 10.1. The Labute approximate surface area is 100 Å². The molecular formula is C11H8N4OS. The Morgan fingerprint density at radius 1 is 1.18 bits per heavy atom. The zero-order valence-electron chi connectivity index (χ0n) is 8.68. The Balaban J connectivity index is 2.01. The molecule has 3 heterocycles. The van der Waals surface area contributed by atoms with Crippen molar-refractivity contribution in [1.82, 2.24) is 19.3 Å². The second kappa shape index (κ2) is 3.99. The third-order valence-electron chi connectivity index (χ3n) is 2.39. The first-order valence-electron chi connectivity index (χ1n) is 4.98. The molecule has 0 aliphatic rings. The van der Waals surface area contributed by atoms with E-state index in [0.29, 0.717) is 5.82 Å². The Morgan fingerprint density at radius 3 is 2.71 bits per heavy atom.